The number of likely N-dealkylation sites (N-methyl/N-ethyl adjacent to an activating group) is 1. The van der Waals surface area contributed by atoms with Gasteiger partial charge in [-0.15, -0.1) is 0 Å². The molecule has 2 atom stereocenters. The Morgan fingerprint density at radius 1 is 1.28 bits per heavy atom. The Balaban J connectivity index is 2.13. The summed E-state index contributed by atoms with van der Waals surface area (Å²) in [4.78, 5) is 2.29. The maximum absolute atomic E-state index is 4.32. The lowest BCUT2D eigenvalue weighted by atomic mass is 9.67. The first-order valence-electron chi connectivity index (χ1n) is 6.68. The van der Waals surface area contributed by atoms with Crippen molar-refractivity contribution in [2.24, 2.45) is 17.3 Å². The molecule has 0 amide bonds. The fourth-order valence-electron chi connectivity index (χ4n) is 3.39. The van der Waals surface area contributed by atoms with Crippen LogP contribution in [0.4, 0.5) is 0 Å². The van der Waals surface area contributed by atoms with Crippen molar-refractivity contribution in [3.8, 4) is 0 Å². The Labute approximate surface area is 110 Å². The zero-order valence-corrected chi connectivity index (χ0v) is 11.5. The summed E-state index contributed by atoms with van der Waals surface area (Å²) >= 11 is 0. The average molecular weight is 239 g/mol. The molecule has 1 aliphatic heterocycles. The van der Waals surface area contributed by atoms with E-state index in [2.05, 4.69) is 68.8 Å². The number of hydrogen-bond donors (Lipinski definition) is 0. The Kier molecular flexibility index (Phi) is 2.41. The standard InChI is InChI=1S/C17H21N/c1-12-17(2,3)16-10-13(11-18(12)4)9-14-7-5-6-8-15(14)16/h5-10,14-15H,1,11H2,2-4H3. The van der Waals surface area contributed by atoms with Crippen LogP contribution in [0.15, 0.2) is 59.9 Å². The molecule has 18 heavy (non-hydrogen) atoms. The van der Waals surface area contributed by atoms with Crippen LogP contribution in [0.3, 0.4) is 0 Å². The van der Waals surface area contributed by atoms with Gasteiger partial charge in [0.05, 0.1) is 0 Å². The molecule has 0 fully saturated rings. The van der Waals surface area contributed by atoms with Gasteiger partial charge in [0.1, 0.15) is 0 Å². The number of nitrogens with zero attached hydrogens (tertiary/aromatic N) is 1. The average Bonchev–Trinajstić information content (AvgIpc) is 2.41. The smallest absolute Gasteiger partial charge is 0.0420 e. The minimum atomic E-state index is 0.0448. The topological polar surface area (TPSA) is 3.24 Å². The molecule has 94 valence electrons. The number of rotatable bonds is 0. The monoisotopic (exact) mass is 239 g/mol. The second kappa shape index (κ2) is 3.74. The van der Waals surface area contributed by atoms with Crippen LogP contribution in [0.25, 0.3) is 0 Å². The quantitative estimate of drug-likeness (QED) is 0.623. The predicted molar refractivity (Wildman–Crippen MR) is 77.0 cm³/mol. The third-order valence-electron chi connectivity index (χ3n) is 4.61. The summed E-state index contributed by atoms with van der Waals surface area (Å²) in [5.41, 5.74) is 4.21. The van der Waals surface area contributed by atoms with Crippen LogP contribution in [-0.2, 0) is 0 Å². The highest BCUT2D eigenvalue weighted by atomic mass is 15.1. The van der Waals surface area contributed by atoms with Gasteiger partial charge in [-0.25, -0.2) is 0 Å². The molecule has 0 aromatic carbocycles. The van der Waals surface area contributed by atoms with Crippen LogP contribution < -0.4 is 0 Å². The van der Waals surface area contributed by atoms with Gasteiger partial charge in [-0.05, 0) is 5.57 Å². The largest absolute Gasteiger partial charge is 0.373 e. The summed E-state index contributed by atoms with van der Waals surface area (Å²) < 4.78 is 0. The predicted octanol–water partition coefficient (Wildman–Crippen LogP) is 3.70. The van der Waals surface area contributed by atoms with Gasteiger partial charge in [0, 0.05) is 36.5 Å². The van der Waals surface area contributed by atoms with Crippen molar-refractivity contribution in [1.29, 1.82) is 0 Å². The van der Waals surface area contributed by atoms with Gasteiger partial charge < -0.3 is 4.90 Å². The molecule has 2 unspecified atom stereocenters. The van der Waals surface area contributed by atoms with Crippen molar-refractivity contribution in [1.82, 2.24) is 4.90 Å². The maximum atomic E-state index is 4.32. The summed E-state index contributed by atoms with van der Waals surface area (Å²) in [6, 6.07) is 0. The van der Waals surface area contributed by atoms with Crippen molar-refractivity contribution in [3.63, 3.8) is 0 Å². The fraction of sp³-hybridized carbons (Fsp3) is 0.412. The second-order valence-electron chi connectivity index (χ2n) is 6.14. The maximum Gasteiger partial charge on any atom is 0.0420 e. The van der Waals surface area contributed by atoms with Crippen LogP contribution in [-0.4, -0.2) is 18.5 Å². The molecule has 1 nitrogen and oxygen atoms in total. The van der Waals surface area contributed by atoms with E-state index in [1.165, 1.54) is 16.8 Å². The summed E-state index contributed by atoms with van der Waals surface area (Å²) in [5, 5.41) is 0. The molecule has 3 aliphatic rings. The van der Waals surface area contributed by atoms with Gasteiger partial charge in [0.25, 0.3) is 0 Å². The van der Waals surface area contributed by atoms with E-state index in [1.807, 2.05) is 0 Å². The minimum absolute atomic E-state index is 0.0448. The highest BCUT2D eigenvalue weighted by Crippen LogP contribution is 2.48. The zero-order chi connectivity index (χ0) is 12.9. The summed E-state index contributed by atoms with van der Waals surface area (Å²) in [6.45, 7) is 9.90. The van der Waals surface area contributed by atoms with Crippen LogP contribution in [0.5, 0.6) is 0 Å². The third-order valence-corrected chi connectivity index (χ3v) is 4.61. The molecular formula is C17H21N. The summed E-state index contributed by atoms with van der Waals surface area (Å²) in [7, 11) is 2.15. The van der Waals surface area contributed by atoms with Gasteiger partial charge in [0.15, 0.2) is 0 Å². The van der Waals surface area contributed by atoms with Crippen LogP contribution >= 0.6 is 0 Å². The van der Waals surface area contributed by atoms with Crippen LogP contribution in [0.2, 0.25) is 0 Å². The van der Waals surface area contributed by atoms with E-state index >= 15 is 0 Å². The van der Waals surface area contributed by atoms with Crippen molar-refractivity contribution in [2.75, 3.05) is 13.6 Å². The number of allylic oxidation sites excluding steroid dienone is 6. The first-order chi connectivity index (χ1) is 8.50. The van der Waals surface area contributed by atoms with Gasteiger partial charge in [0.2, 0.25) is 0 Å². The lowest BCUT2D eigenvalue weighted by molar-refractivity contribution is 0.341. The van der Waals surface area contributed by atoms with Crippen LogP contribution in [0.1, 0.15) is 13.8 Å². The molecule has 1 heteroatoms. The molecule has 0 N–H and O–H groups in total. The molecule has 0 aromatic heterocycles. The molecule has 0 saturated carbocycles. The van der Waals surface area contributed by atoms with Gasteiger partial charge in [-0.2, -0.15) is 0 Å². The Morgan fingerprint density at radius 3 is 2.78 bits per heavy atom. The van der Waals surface area contributed by atoms with Gasteiger partial charge >= 0.3 is 0 Å². The second-order valence-corrected chi connectivity index (χ2v) is 6.14. The first-order valence-corrected chi connectivity index (χ1v) is 6.68. The van der Waals surface area contributed by atoms with E-state index in [9.17, 15) is 0 Å². The van der Waals surface area contributed by atoms with Crippen LogP contribution in [0, 0.1) is 17.3 Å². The molecule has 2 bridgehead atoms. The Hall–Kier alpha value is -1.50. The lowest BCUT2D eigenvalue weighted by Crippen LogP contribution is -2.31. The van der Waals surface area contributed by atoms with E-state index in [-0.39, 0.29) is 5.41 Å². The third kappa shape index (κ3) is 1.53. The molecule has 2 aliphatic carbocycles. The van der Waals surface area contributed by atoms with Crippen molar-refractivity contribution in [3.05, 3.63) is 59.9 Å². The highest BCUT2D eigenvalue weighted by Gasteiger charge is 2.39. The Morgan fingerprint density at radius 2 is 2.00 bits per heavy atom. The molecule has 0 radical (unpaired) electrons. The van der Waals surface area contributed by atoms with Crippen molar-refractivity contribution in [2.45, 2.75) is 13.8 Å². The zero-order valence-electron chi connectivity index (χ0n) is 11.5. The lowest BCUT2D eigenvalue weighted by Gasteiger charge is -2.38. The van der Waals surface area contributed by atoms with Crippen molar-refractivity contribution < 1.29 is 0 Å². The summed E-state index contributed by atoms with van der Waals surface area (Å²) in [6.07, 6.45) is 13.8. The van der Waals surface area contributed by atoms with E-state index in [1.54, 1.807) is 0 Å². The number of hydrogen-bond acceptors (Lipinski definition) is 1. The summed E-state index contributed by atoms with van der Waals surface area (Å²) in [5.74, 6) is 1.04. The molecule has 0 spiro atoms. The highest BCUT2D eigenvalue weighted by molar-refractivity contribution is 5.46. The van der Waals surface area contributed by atoms with E-state index in [4.69, 9.17) is 0 Å². The van der Waals surface area contributed by atoms with Gasteiger partial charge in [-0.3, -0.25) is 0 Å². The SMILES string of the molecule is C=C1N(C)CC2=CC3C=CC=CC3C(=C2)C1(C)C. The van der Waals surface area contributed by atoms with Gasteiger partial charge in [-0.1, -0.05) is 62.5 Å². The molecule has 0 aromatic rings. The number of fused-ring (bicyclic) bond motifs is 3. The Bertz CT molecular complexity index is 514. The van der Waals surface area contributed by atoms with E-state index in [0.717, 1.165) is 6.54 Å². The van der Waals surface area contributed by atoms with E-state index in [0.29, 0.717) is 11.8 Å². The fourth-order valence-corrected chi connectivity index (χ4v) is 3.39. The molecular weight excluding hydrogens is 218 g/mol. The minimum Gasteiger partial charge on any atom is -0.373 e. The first kappa shape index (κ1) is 11.6. The normalized spacial score (nSPS) is 32.6. The molecule has 3 rings (SSSR count). The van der Waals surface area contributed by atoms with Crippen molar-refractivity contribution >= 4 is 0 Å². The molecule has 1 heterocycles. The van der Waals surface area contributed by atoms with E-state index < -0.39 is 0 Å². The molecule has 0 saturated heterocycles.